The number of ether oxygens (including phenoxy) is 1. The molecule has 0 amide bonds. The minimum Gasteiger partial charge on any atom is -0.462 e. The van der Waals surface area contributed by atoms with Gasteiger partial charge in [-0.15, -0.1) is 0 Å². The molecule has 0 unspecified atom stereocenters. The summed E-state index contributed by atoms with van der Waals surface area (Å²) >= 11 is 0. The molecule has 24 heavy (non-hydrogen) atoms. The molecule has 0 aromatic heterocycles. The van der Waals surface area contributed by atoms with Crippen LogP contribution >= 0.6 is 0 Å². The summed E-state index contributed by atoms with van der Waals surface area (Å²) in [5, 5.41) is 0. The lowest BCUT2D eigenvalue weighted by molar-refractivity contribution is -0.158. The second-order valence-electron chi connectivity index (χ2n) is 8.76. The summed E-state index contributed by atoms with van der Waals surface area (Å²) in [6.07, 6.45) is 11.4. The number of hydrogen-bond acceptors (Lipinski definition) is 3. The number of carbonyl (C=O) groups is 2. The summed E-state index contributed by atoms with van der Waals surface area (Å²) in [7, 11) is 0. The molecule has 3 fully saturated rings. The Bertz CT molecular complexity index is 578. The van der Waals surface area contributed by atoms with Gasteiger partial charge in [-0.25, -0.2) is 0 Å². The number of allylic oxidation sites excluding steroid dienone is 1. The Kier molecular flexibility index (Phi) is 4.09. The number of rotatable bonds is 2. The first kappa shape index (κ1) is 16.4. The maximum atomic E-state index is 11.8. The molecule has 0 aromatic rings. The van der Waals surface area contributed by atoms with Crippen LogP contribution in [0.4, 0.5) is 0 Å². The van der Waals surface area contributed by atoms with Gasteiger partial charge in [-0.2, -0.15) is 0 Å². The van der Waals surface area contributed by atoms with E-state index >= 15 is 0 Å². The van der Waals surface area contributed by atoms with Crippen molar-refractivity contribution in [3.63, 3.8) is 0 Å². The van der Waals surface area contributed by atoms with Crippen molar-refractivity contribution in [3.8, 4) is 0 Å². The molecule has 0 radical (unpaired) electrons. The zero-order valence-corrected chi connectivity index (χ0v) is 15.1. The van der Waals surface area contributed by atoms with Crippen LogP contribution in [-0.2, 0) is 14.3 Å². The quantitative estimate of drug-likeness (QED) is 0.703. The predicted octanol–water partition coefficient (Wildman–Crippen LogP) is 4.45. The molecule has 3 heteroatoms. The van der Waals surface area contributed by atoms with E-state index in [1.165, 1.54) is 31.3 Å². The van der Waals surface area contributed by atoms with Gasteiger partial charge in [-0.3, -0.25) is 9.59 Å². The Morgan fingerprint density at radius 3 is 2.79 bits per heavy atom. The number of esters is 1. The van der Waals surface area contributed by atoms with Crippen LogP contribution in [0.2, 0.25) is 0 Å². The number of carbonyl (C=O) groups excluding carboxylic acids is 2. The van der Waals surface area contributed by atoms with E-state index in [1.54, 1.807) is 0 Å². The maximum absolute atomic E-state index is 11.8. The van der Waals surface area contributed by atoms with Crippen molar-refractivity contribution in [1.29, 1.82) is 0 Å². The highest BCUT2D eigenvalue weighted by atomic mass is 16.5. The average Bonchev–Trinajstić information content (AvgIpc) is 2.90. The van der Waals surface area contributed by atoms with Crippen molar-refractivity contribution in [2.24, 2.45) is 29.1 Å². The summed E-state index contributed by atoms with van der Waals surface area (Å²) in [6, 6.07) is 0. The Labute approximate surface area is 145 Å². The van der Waals surface area contributed by atoms with E-state index in [2.05, 4.69) is 6.92 Å². The maximum Gasteiger partial charge on any atom is 0.305 e. The van der Waals surface area contributed by atoms with Crippen LogP contribution in [0.1, 0.15) is 71.6 Å². The molecule has 132 valence electrons. The van der Waals surface area contributed by atoms with Crippen LogP contribution in [0.25, 0.3) is 0 Å². The van der Waals surface area contributed by atoms with Gasteiger partial charge >= 0.3 is 5.97 Å². The molecule has 0 aliphatic heterocycles. The molecule has 6 atom stereocenters. The van der Waals surface area contributed by atoms with Crippen LogP contribution in [0, 0.1) is 29.1 Å². The molecule has 0 heterocycles. The largest absolute Gasteiger partial charge is 0.462 e. The van der Waals surface area contributed by atoms with Crippen molar-refractivity contribution in [2.75, 3.05) is 0 Å². The minimum absolute atomic E-state index is 0.0383. The predicted molar refractivity (Wildman–Crippen MR) is 92.3 cm³/mol. The third kappa shape index (κ3) is 2.46. The number of hydrogen-bond donors (Lipinski definition) is 0. The lowest BCUT2D eigenvalue weighted by Crippen LogP contribution is -2.48. The zero-order valence-electron chi connectivity index (χ0n) is 15.1. The van der Waals surface area contributed by atoms with Crippen LogP contribution in [0.3, 0.4) is 0 Å². The van der Waals surface area contributed by atoms with Gasteiger partial charge in [-0.05, 0) is 74.7 Å². The molecule has 0 spiro atoms. The first-order valence-corrected chi connectivity index (χ1v) is 9.95. The van der Waals surface area contributed by atoms with E-state index < -0.39 is 0 Å². The first-order chi connectivity index (χ1) is 11.5. The molecule has 0 aromatic carbocycles. The SMILES string of the molecule is CCC(=O)O[C@H]1CC[C@@H]2[C@H]3CCC4=CC(=O)CC[C@@H]4[C@@H]3CC[C@]12C. The molecule has 4 rings (SSSR count). The topological polar surface area (TPSA) is 43.4 Å². The van der Waals surface area contributed by atoms with Crippen LogP contribution in [-0.4, -0.2) is 17.9 Å². The third-order valence-corrected chi connectivity index (χ3v) is 7.78. The highest BCUT2D eigenvalue weighted by Crippen LogP contribution is 2.62. The smallest absolute Gasteiger partial charge is 0.305 e. The van der Waals surface area contributed by atoms with Crippen LogP contribution < -0.4 is 0 Å². The normalized spacial score (nSPS) is 44.2. The van der Waals surface area contributed by atoms with E-state index in [1.807, 2.05) is 13.0 Å². The Morgan fingerprint density at radius 2 is 2.00 bits per heavy atom. The molecule has 3 saturated carbocycles. The third-order valence-electron chi connectivity index (χ3n) is 7.78. The van der Waals surface area contributed by atoms with Gasteiger partial charge in [0.25, 0.3) is 0 Å². The minimum atomic E-state index is -0.0383. The van der Waals surface area contributed by atoms with Gasteiger partial charge in [-0.1, -0.05) is 19.4 Å². The number of ketones is 1. The molecule has 4 aliphatic rings. The van der Waals surface area contributed by atoms with Gasteiger partial charge < -0.3 is 4.74 Å². The van der Waals surface area contributed by atoms with E-state index in [4.69, 9.17) is 4.74 Å². The molecule has 0 saturated heterocycles. The molecular weight excluding hydrogens is 300 g/mol. The lowest BCUT2D eigenvalue weighted by atomic mass is 9.52. The van der Waals surface area contributed by atoms with Gasteiger partial charge in [0.2, 0.25) is 0 Å². The fourth-order valence-electron chi connectivity index (χ4n) is 6.57. The van der Waals surface area contributed by atoms with E-state index in [-0.39, 0.29) is 17.5 Å². The second-order valence-corrected chi connectivity index (χ2v) is 8.76. The standard InChI is InChI=1S/C21H30O3/c1-3-20(23)24-19-9-8-18-17-6-4-13-12-14(22)5-7-15(13)16(17)10-11-21(18,19)2/h12,15-19H,3-11H2,1-2H3/t15-,16-,17-,18+,19-,21-/m0/s1. The fourth-order valence-corrected chi connectivity index (χ4v) is 6.57. The van der Waals surface area contributed by atoms with Gasteiger partial charge in [0.1, 0.15) is 6.10 Å². The van der Waals surface area contributed by atoms with E-state index in [0.29, 0.717) is 24.0 Å². The van der Waals surface area contributed by atoms with Gasteiger partial charge in [0.05, 0.1) is 0 Å². The Balaban J connectivity index is 1.54. The molecule has 0 N–H and O–H groups in total. The lowest BCUT2D eigenvalue weighted by Gasteiger charge is -2.53. The van der Waals surface area contributed by atoms with Crippen LogP contribution in [0.15, 0.2) is 11.6 Å². The summed E-state index contributed by atoms with van der Waals surface area (Å²) in [5.41, 5.74) is 1.63. The summed E-state index contributed by atoms with van der Waals surface area (Å²) in [5.74, 6) is 3.19. The van der Waals surface area contributed by atoms with Crippen molar-refractivity contribution in [3.05, 3.63) is 11.6 Å². The summed E-state index contributed by atoms with van der Waals surface area (Å²) in [6.45, 7) is 4.26. The van der Waals surface area contributed by atoms with Gasteiger partial charge in [0, 0.05) is 18.3 Å². The highest BCUT2D eigenvalue weighted by molar-refractivity contribution is 5.91. The monoisotopic (exact) mass is 330 g/mol. The van der Waals surface area contributed by atoms with Crippen LogP contribution in [0.5, 0.6) is 0 Å². The van der Waals surface area contributed by atoms with Crippen molar-refractivity contribution in [2.45, 2.75) is 77.7 Å². The van der Waals surface area contributed by atoms with Crippen molar-refractivity contribution in [1.82, 2.24) is 0 Å². The molecular formula is C21H30O3. The summed E-state index contributed by atoms with van der Waals surface area (Å²) in [4.78, 5) is 23.6. The van der Waals surface area contributed by atoms with E-state index in [0.717, 1.165) is 37.5 Å². The summed E-state index contributed by atoms with van der Waals surface area (Å²) < 4.78 is 5.84. The average molecular weight is 330 g/mol. The Hall–Kier alpha value is -1.12. The highest BCUT2D eigenvalue weighted by Gasteiger charge is 2.57. The molecule has 0 bridgehead atoms. The molecule has 4 aliphatic carbocycles. The van der Waals surface area contributed by atoms with Crippen molar-refractivity contribution >= 4 is 11.8 Å². The second kappa shape index (κ2) is 6.00. The van der Waals surface area contributed by atoms with Crippen molar-refractivity contribution < 1.29 is 14.3 Å². The number of fused-ring (bicyclic) bond motifs is 5. The molecule has 3 nitrogen and oxygen atoms in total. The zero-order chi connectivity index (χ0) is 16.9. The van der Waals surface area contributed by atoms with E-state index in [9.17, 15) is 9.59 Å². The first-order valence-electron chi connectivity index (χ1n) is 9.95. The fraction of sp³-hybridized carbons (Fsp3) is 0.810. The van der Waals surface area contributed by atoms with Gasteiger partial charge in [0.15, 0.2) is 5.78 Å². The Morgan fingerprint density at radius 1 is 1.17 bits per heavy atom.